The van der Waals surface area contributed by atoms with Crippen molar-refractivity contribution < 1.29 is 14.6 Å². The first kappa shape index (κ1) is 14.0. The van der Waals surface area contributed by atoms with Crippen LogP contribution in [0.4, 0.5) is 0 Å². The second-order valence-electron chi connectivity index (χ2n) is 4.06. The van der Waals surface area contributed by atoms with Crippen molar-refractivity contribution in [2.75, 3.05) is 0 Å². The molecule has 0 unspecified atom stereocenters. The Balaban J connectivity index is 2.55. The van der Waals surface area contributed by atoms with E-state index in [2.05, 4.69) is 0 Å². The lowest BCUT2D eigenvalue weighted by Gasteiger charge is -2.24. The number of hydrogen-bond donors (Lipinski definition) is 1. The fraction of sp³-hybridized carbons (Fsp3) is 0.462. The Morgan fingerprint density at radius 3 is 2.59 bits per heavy atom. The molecule has 0 spiro atoms. The molecule has 1 N–H and O–H groups in total. The largest absolute Gasteiger partial charge is 0.459 e. The highest BCUT2D eigenvalue weighted by atomic mass is 35.5. The van der Waals surface area contributed by atoms with E-state index in [1.807, 2.05) is 30.3 Å². The highest BCUT2D eigenvalue weighted by molar-refractivity contribution is 6.34. The molecule has 1 aromatic carbocycles. The molecule has 0 fully saturated rings. The van der Waals surface area contributed by atoms with Crippen molar-refractivity contribution in [3.63, 3.8) is 0 Å². The van der Waals surface area contributed by atoms with Crippen LogP contribution in [0.1, 0.15) is 25.8 Å². The van der Waals surface area contributed by atoms with E-state index in [1.54, 1.807) is 6.92 Å². The summed E-state index contributed by atoms with van der Waals surface area (Å²) >= 11 is 5.98. The summed E-state index contributed by atoms with van der Waals surface area (Å²) in [5, 5.41) is 9.62. The molecule has 94 valence electrons. The summed E-state index contributed by atoms with van der Waals surface area (Å²) in [6.45, 7) is 3.39. The van der Waals surface area contributed by atoms with E-state index in [1.165, 1.54) is 6.92 Å². The number of hydrogen-bond acceptors (Lipinski definition) is 3. The molecule has 0 heterocycles. The molecule has 0 radical (unpaired) electrons. The van der Waals surface area contributed by atoms with Gasteiger partial charge in [-0.15, -0.1) is 11.6 Å². The molecule has 17 heavy (non-hydrogen) atoms. The zero-order valence-electron chi connectivity index (χ0n) is 10.0. The zero-order chi connectivity index (χ0) is 12.9. The highest BCUT2D eigenvalue weighted by Gasteiger charge is 2.39. The minimum atomic E-state index is -1.39. The topological polar surface area (TPSA) is 46.5 Å². The lowest BCUT2D eigenvalue weighted by atomic mass is 10.0. The van der Waals surface area contributed by atoms with Crippen molar-refractivity contribution in [1.29, 1.82) is 0 Å². The molecular weight excluding hydrogens is 240 g/mol. The Morgan fingerprint density at radius 1 is 1.47 bits per heavy atom. The van der Waals surface area contributed by atoms with E-state index in [-0.39, 0.29) is 6.61 Å². The van der Waals surface area contributed by atoms with Crippen LogP contribution >= 0.6 is 11.6 Å². The van der Waals surface area contributed by atoms with Crippen LogP contribution in [0.15, 0.2) is 30.3 Å². The normalized spacial score (nSPS) is 16.0. The summed E-state index contributed by atoms with van der Waals surface area (Å²) in [4.78, 5) is 10.3. The minimum absolute atomic E-state index is 0.165. The van der Waals surface area contributed by atoms with Gasteiger partial charge in [0.2, 0.25) is 0 Å². The number of aliphatic hydroxyl groups excluding tert-OH is 1. The van der Waals surface area contributed by atoms with E-state index in [4.69, 9.17) is 16.3 Å². The molecule has 3 nitrogen and oxygen atoms in total. The van der Waals surface area contributed by atoms with Crippen molar-refractivity contribution in [3.05, 3.63) is 35.9 Å². The molecule has 0 saturated heterocycles. The van der Waals surface area contributed by atoms with Crippen LogP contribution in [0.2, 0.25) is 0 Å². The summed E-state index contributed by atoms with van der Waals surface area (Å²) in [7, 11) is 0. The minimum Gasteiger partial charge on any atom is -0.459 e. The summed E-state index contributed by atoms with van der Waals surface area (Å²) in [6.07, 6.45) is -0.507. The van der Waals surface area contributed by atoms with Gasteiger partial charge >= 0.3 is 5.97 Å². The Bertz CT molecular complexity index is 362. The number of alkyl halides is 1. The monoisotopic (exact) mass is 256 g/mol. The van der Waals surface area contributed by atoms with Crippen LogP contribution in [0.25, 0.3) is 0 Å². The molecule has 2 atom stereocenters. The van der Waals surface area contributed by atoms with Gasteiger partial charge in [0.25, 0.3) is 0 Å². The molecule has 0 aliphatic rings. The lowest BCUT2D eigenvalue weighted by Crippen LogP contribution is -2.42. The van der Waals surface area contributed by atoms with Crippen LogP contribution in [-0.4, -0.2) is 22.1 Å². The molecule has 0 aromatic heterocycles. The van der Waals surface area contributed by atoms with Gasteiger partial charge in [0, 0.05) is 0 Å². The number of aliphatic hydroxyl groups is 1. The first-order valence-electron chi connectivity index (χ1n) is 5.56. The first-order valence-corrected chi connectivity index (χ1v) is 5.94. The number of rotatable bonds is 5. The fourth-order valence-electron chi connectivity index (χ4n) is 1.38. The fourth-order valence-corrected chi connectivity index (χ4v) is 1.59. The van der Waals surface area contributed by atoms with Crippen LogP contribution in [-0.2, 0) is 16.1 Å². The number of esters is 1. The van der Waals surface area contributed by atoms with E-state index in [9.17, 15) is 9.90 Å². The second kappa shape index (κ2) is 6.03. The molecule has 4 heteroatoms. The maximum atomic E-state index is 11.7. The van der Waals surface area contributed by atoms with Crippen molar-refractivity contribution in [3.8, 4) is 0 Å². The van der Waals surface area contributed by atoms with Gasteiger partial charge in [-0.2, -0.15) is 0 Å². The molecule has 1 aromatic rings. The average Bonchev–Trinajstić information content (AvgIpc) is 2.35. The third-order valence-corrected chi connectivity index (χ3v) is 3.03. The van der Waals surface area contributed by atoms with Gasteiger partial charge in [-0.25, -0.2) is 0 Å². The Labute approximate surface area is 106 Å². The molecule has 0 saturated carbocycles. The third kappa shape index (κ3) is 3.72. The van der Waals surface area contributed by atoms with Crippen LogP contribution in [0.5, 0.6) is 0 Å². The predicted molar refractivity (Wildman–Crippen MR) is 66.8 cm³/mol. The highest BCUT2D eigenvalue weighted by Crippen LogP contribution is 2.24. The lowest BCUT2D eigenvalue weighted by molar-refractivity contribution is -0.151. The third-order valence-electron chi connectivity index (χ3n) is 2.62. The zero-order valence-corrected chi connectivity index (χ0v) is 10.8. The van der Waals surface area contributed by atoms with E-state index in [0.717, 1.165) is 5.56 Å². The summed E-state index contributed by atoms with van der Waals surface area (Å²) in [6, 6.07) is 9.33. The number of carbonyl (C=O) groups is 1. The summed E-state index contributed by atoms with van der Waals surface area (Å²) < 4.78 is 5.08. The van der Waals surface area contributed by atoms with E-state index < -0.39 is 16.9 Å². The number of benzene rings is 1. The molecule has 0 bridgehead atoms. The van der Waals surface area contributed by atoms with Gasteiger partial charge in [0.1, 0.15) is 6.61 Å². The SMILES string of the molecule is CC[C@H](O)[C@](C)(Cl)C(=O)OCc1ccccc1. The van der Waals surface area contributed by atoms with Crippen molar-refractivity contribution >= 4 is 17.6 Å². The number of ether oxygens (including phenoxy) is 1. The number of carbonyl (C=O) groups excluding carboxylic acids is 1. The Kier molecular flexibility index (Phi) is 4.97. The van der Waals surface area contributed by atoms with Crippen LogP contribution < -0.4 is 0 Å². The van der Waals surface area contributed by atoms with E-state index in [0.29, 0.717) is 6.42 Å². The molecule has 1 rings (SSSR count). The second-order valence-corrected chi connectivity index (χ2v) is 4.85. The van der Waals surface area contributed by atoms with E-state index >= 15 is 0 Å². The Morgan fingerprint density at radius 2 is 2.06 bits per heavy atom. The summed E-state index contributed by atoms with van der Waals surface area (Å²) in [5.74, 6) is -0.600. The van der Waals surface area contributed by atoms with Gasteiger partial charge in [-0.1, -0.05) is 37.3 Å². The molecule has 0 aliphatic heterocycles. The van der Waals surface area contributed by atoms with Crippen molar-refractivity contribution in [2.24, 2.45) is 0 Å². The average molecular weight is 257 g/mol. The predicted octanol–water partition coefficient (Wildman–Crippen LogP) is 2.50. The standard InChI is InChI=1S/C13H17ClO3/c1-3-11(15)13(2,14)12(16)17-9-10-7-5-4-6-8-10/h4-8,11,15H,3,9H2,1-2H3/t11-,13-/m0/s1. The molecule has 0 amide bonds. The van der Waals surface area contributed by atoms with Crippen LogP contribution in [0.3, 0.4) is 0 Å². The van der Waals surface area contributed by atoms with Gasteiger partial charge in [-0.05, 0) is 18.9 Å². The van der Waals surface area contributed by atoms with Gasteiger partial charge in [0.05, 0.1) is 6.10 Å². The first-order chi connectivity index (χ1) is 7.98. The smallest absolute Gasteiger partial charge is 0.329 e. The summed E-state index contributed by atoms with van der Waals surface area (Å²) in [5.41, 5.74) is 0.888. The van der Waals surface area contributed by atoms with Crippen molar-refractivity contribution in [1.82, 2.24) is 0 Å². The van der Waals surface area contributed by atoms with Crippen molar-refractivity contribution in [2.45, 2.75) is 37.9 Å². The molecule has 0 aliphatic carbocycles. The quantitative estimate of drug-likeness (QED) is 0.650. The van der Waals surface area contributed by atoms with Gasteiger partial charge < -0.3 is 9.84 Å². The molecular formula is C13H17ClO3. The number of halogens is 1. The van der Waals surface area contributed by atoms with Crippen LogP contribution in [0, 0.1) is 0 Å². The van der Waals surface area contributed by atoms with Gasteiger partial charge in [-0.3, -0.25) is 4.79 Å². The maximum Gasteiger partial charge on any atom is 0.329 e. The Hall–Kier alpha value is -1.06. The van der Waals surface area contributed by atoms with Gasteiger partial charge in [0.15, 0.2) is 4.87 Å². The maximum absolute atomic E-state index is 11.7.